The smallest absolute Gasteiger partial charge is 0.124 e. The Bertz CT molecular complexity index is 450. The Morgan fingerprint density at radius 2 is 2.18 bits per heavy atom. The van der Waals surface area contributed by atoms with Gasteiger partial charge in [0.15, 0.2) is 0 Å². The van der Waals surface area contributed by atoms with Crippen LogP contribution in [0.25, 0.3) is 0 Å². The molecule has 0 unspecified atom stereocenters. The number of benzene rings is 1. The van der Waals surface area contributed by atoms with Crippen LogP contribution in [-0.2, 0) is 17.9 Å². The molecule has 0 radical (unpaired) electrons. The van der Waals surface area contributed by atoms with Crippen molar-refractivity contribution in [2.24, 2.45) is 0 Å². The number of piperidine rings is 1. The van der Waals surface area contributed by atoms with E-state index in [9.17, 15) is 5.11 Å². The van der Waals surface area contributed by atoms with Crippen molar-refractivity contribution in [3.8, 4) is 5.75 Å². The van der Waals surface area contributed by atoms with E-state index >= 15 is 0 Å². The molecule has 1 atom stereocenters. The number of likely N-dealkylation sites (tertiary alicyclic amines) is 1. The molecule has 0 saturated carbocycles. The van der Waals surface area contributed by atoms with Crippen LogP contribution in [0.15, 0.2) is 18.2 Å². The molecule has 1 N–H and O–H groups in total. The summed E-state index contributed by atoms with van der Waals surface area (Å²) in [6.07, 6.45) is 4.94. The van der Waals surface area contributed by atoms with Crippen LogP contribution in [0.5, 0.6) is 5.75 Å². The largest absolute Gasteiger partial charge is 0.494 e. The minimum atomic E-state index is 0.0241. The lowest BCUT2D eigenvalue weighted by Crippen LogP contribution is -2.39. The van der Waals surface area contributed by atoms with E-state index in [4.69, 9.17) is 9.47 Å². The number of nitrogens with zero attached hydrogens (tertiary/aromatic N) is 1. The van der Waals surface area contributed by atoms with Crippen LogP contribution < -0.4 is 4.74 Å². The van der Waals surface area contributed by atoms with Crippen LogP contribution in [-0.4, -0.2) is 42.9 Å². The molecule has 0 bridgehead atoms. The Morgan fingerprint density at radius 1 is 1.32 bits per heavy atom. The van der Waals surface area contributed by atoms with Crippen LogP contribution in [0.2, 0.25) is 0 Å². The summed E-state index contributed by atoms with van der Waals surface area (Å²) in [5, 5.41) is 9.53. The van der Waals surface area contributed by atoms with Gasteiger partial charge in [0, 0.05) is 31.9 Å². The van der Waals surface area contributed by atoms with Crippen LogP contribution in [0, 0.1) is 0 Å². The highest BCUT2D eigenvalue weighted by Gasteiger charge is 2.22. The first kappa shape index (κ1) is 17.3. The molecule has 1 aromatic rings. The van der Waals surface area contributed by atoms with Crippen molar-refractivity contribution in [1.29, 1.82) is 0 Å². The highest BCUT2D eigenvalue weighted by atomic mass is 16.5. The third-order valence-corrected chi connectivity index (χ3v) is 4.39. The van der Waals surface area contributed by atoms with Gasteiger partial charge in [0.2, 0.25) is 0 Å². The molecule has 1 saturated heterocycles. The Balaban J connectivity index is 2.04. The summed E-state index contributed by atoms with van der Waals surface area (Å²) < 4.78 is 10.8. The maximum absolute atomic E-state index is 9.53. The molecule has 124 valence electrons. The average Bonchev–Trinajstić information content (AvgIpc) is 2.55. The monoisotopic (exact) mass is 307 g/mol. The van der Waals surface area contributed by atoms with Gasteiger partial charge < -0.3 is 14.6 Å². The minimum Gasteiger partial charge on any atom is -0.494 e. The molecule has 4 heteroatoms. The van der Waals surface area contributed by atoms with Crippen molar-refractivity contribution in [1.82, 2.24) is 4.90 Å². The van der Waals surface area contributed by atoms with Crippen LogP contribution >= 0.6 is 0 Å². The second kappa shape index (κ2) is 9.13. The van der Waals surface area contributed by atoms with E-state index in [2.05, 4.69) is 17.0 Å². The highest BCUT2D eigenvalue weighted by molar-refractivity contribution is 5.37. The van der Waals surface area contributed by atoms with E-state index in [0.717, 1.165) is 37.4 Å². The predicted molar refractivity (Wildman–Crippen MR) is 88.1 cm³/mol. The fourth-order valence-corrected chi connectivity index (χ4v) is 3.23. The first-order chi connectivity index (χ1) is 10.8. The van der Waals surface area contributed by atoms with Crippen LogP contribution in [0.1, 0.15) is 43.7 Å². The zero-order chi connectivity index (χ0) is 15.8. The van der Waals surface area contributed by atoms with E-state index in [-0.39, 0.29) is 6.61 Å². The fraction of sp³-hybridized carbons (Fsp3) is 0.667. The van der Waals surface area contributed by atoms with Crippen molar-refractivity contribution in [2.45, 2.75) is 51.8 Å². The maximum Gasteiger partial charge on any atom is 0.124 e. The van der Waals surface area contributed by atoms with Gasteiger partial charge in [0.25, 0.3) is 0 Å². The molecular formula is C18H29NO3. The zero-order valence-corrected chi connectivity index (χ0v) is 13.9. The standard InChI is InChI=1S/C18H29NO3/c1-3-22-18-8-7-15(12-16(18)14-20)13-19-10-5-4-6-17(19)9-11-21-2/h7-8,12,17,20H,3-6,9-11,13-14H2,1-2H3/t17-/m0/s1. The Labute approximate surface area is 134 Å². The topological polar surface area (TPSA) is 41.9 Å². The summed E-state index contributed by atoms with van der Waals surface area (Å²) in [4.78, 5) is 2.55. The third-order valence-electron chi connectivity index (χ3n) is 4.39. The minimum absolute atomic E-state index is 0.0241. The molecule has 22 heavy (non-hydrogen) atoms. The van der Waals surface area contributed by atoms with Gasteiger partial charge in [-0.25, -0.2) is 0 Å². The molecule has 0 aliphatic carbocycles. The normalized spacial score (nSPS) is 19.3. The van der Waals surface area contributed by atoms with Crippen molar-refractivity contribution < 1.29 is 14.6 Å². The quantitative estimate of drug-likeness (QED) is 0.802. The Kier molecular flexibility index (Phi) is 7.16. The first-order valence-corrected chi connectivity index (χ1v) is 8.37. The predicted octanol–water partition coefficient (Wildman–Crippen LogP) is 2.97. The van der Waals surface area contributed by atoms with Gasteiger partial charge in [0.1, 0.15) is 5.75 Å². The molecular weight excluding hydrogens is 278 g/mol. The summed E-state index contributed by atoms with van der Waals surface area (Å²) >= 11 is 0. The molecule has 1 aliphatic rings. The third kappa shape index (κ3) is 4.70. The van der Waals surface area contributed by atoms with Crippen LogP contribution in [0.3, 0.4) is 0 Å². The van der Waals surface area contributed by atoms with Crippen molar-refractivity contribution >= 4 is 0 Å². The summed E-state index contributed by atoms with van der Waals surface area (Å²) in [5.74, 6) is 0.795. The average molecular weight is 307 g/mol. The molecule has 0 amide bonds. The zero-order valence-electron chi connectivity index (χ0n) is 13.9. The van der Waals surface area contributed by atoms with E-state index in [1.165, 1.54) is 24.8 Å². The van der Waals surface area contributed by atoms with E-state index in [1.54, 1.807) is 7.11 Å². The van der Waals surface area contributed by atoms with Gasteiger partial charge in [-0.2, -0.15) is 0 Å². The Hall–Kier alpha value is -1.10. The van der Waals surface area contributed by atoms with Gasteiger partial charge >= 0.3 is 0 Å². The summed E-state index contributed by atoms with van der Waals surface area (Å²) in [5.41, 5.74) is 2.13. The first-order valence-electron chi connectivity index (χ1n) is 8.37. The fourth-order valence-electron chi connectivity index (χ4n) is 3.23. The summed E-state index contributed by atoms with van der Waals surface area (Å²) in [7, 11) is 1.77. The molecule has 1 fully saturated rings. The molecule has 1 aliphatic heterocycles. The highest BCUT2D eigenvalue weighted by Crippen LogP contribution is 2.25. The van der Waals surface area contributed by atoms with E-state index in [1.807, 2.05) is 13.0 Å². The van der Waals surface area contributed by atoms with E-state index < -0.39 is 0 Å². The summed E-state index contributed by atoms with van der Waals surface area (Å²) in [6.45, 7) is 5.52. The van der Waals surface area contributed by atoms with Gasteiger partial charge in [-0.15, -0.1) is 0 Å². The lowest BCUT2D eigenvalue weighted by molar-refractivity contribution is 0.0973. The van der Waals surface area contributed by atoms with E-state index in [0.29, 0.717) is 12.6 Å². The molecule has 0 spiro atoms. The lowest BCUT2D eigenvalue weighted by Gasteiger charge is -2.35. The Morgan fingerprint density at radius 3 is 2.91 bits per heavy atom. The molecule has 2 rings (SSSR count). The number of methoxy groups -OCH3 is 1. The number of aliphatic hydroxyl groups is 1. The van der Waals surface area contributed by atoms with Gasteiger partial charge in [-0.05, 0) is 50.4 Å². The summed E-state index contributed by atoms with van der Waals surface area (Å²) in [6, 6.07) is 6.79. The lowest BCUT2D eigenvalue weighted by atomic mass is 9.98. The number of hydrogen-bond donors (Lipinski definition) is 1. The van der Waals surface area contributed by atoms with Crippen LogP contribution in [0.4, 0.5) is 0 Å². The van der Waals surface area contributed by atoms with Crippen molar-refractivity contribution in [3.63, 3.8) is 0 Å². The number of ether oxygens (including phenoxy) is 2. The van der Waals surface area contributed by atoms with Gasteiger partial charge in [-0.1, -0.05) is 12.5 Å². The maximum atomic E-state index is 9.53. The molecule has 4 nitrogen and oxygen atoms in total. The number of hydrogen-bond acceptors (Lipinski definition) is 4. The van der Waals surface area contributed by atoms with Crippen molar-refractivity contribution in [2.75, 3.05) is 26.9 Å². The number of aliphatic hydroxyl groups excluding tert-OH is 1. The van der Waals surface area contributed by atoms with Gasteiger partial charge in [0.05, 0.1) is 13.2 Å². The number of rotatable bonds is 8. The second-order valence-corrected chi connectivity index (χ2v) is 5.93. The second-order valence-electron chi connectivity index (χ2n) is 5.93. The molecule has 1 aromatic carbocycles. The van der Waals surface area contributed by atoms with Crippen molar-refractivity contribution in [3.05, 3.63) is 29.3 Å². The van der Waals surface area contributed by atoms with Gasteiger partial charge in [-0.3, -0.25) is 4.90 Å². The SMILES string of the molecule is CCOc1ccc(CN2CCCC[C@H]2CCOC)cc1CO. The molecule has 1 heterocycles. The molecule has 0 aromatic heterocycles.